The van der Waals surface area contributed by atoms with Crippen LogP contribution >= 0.6 is 11.6 Å². The Morgan fingerprint density at radius 1 is 1.13 bits per heavy atom. The maximum atomic E-state index is 13.3. The Labute approximate surface area is 188 Å². The summed E-state index contributed by atoms with van der Waals surface area (Å²) in [4.78, 5) is 43.9. The second-order valence-corrected chi connectivity index (χ2v) is 10.5. The summed E-state index contributed by atoms with van der Waals surface area (Å²) >= 11 is 6.29. The largest absolute Gasteiger partial charge is 0.367 e. The van der Waals surface area contributed by atoms with Crippen molar-refractivity contribution in [1.82, 2.24) is 15.1 Å². The smallest absolute Gasteiger partial charge is 0.325 e. The molecule has 1 aromatic rings. The van der Waals surface area contributed by atoms with E-state index in [2.05, 4.69) is 31.0 Å². The lowest BCUT2D eigenvalue weighted by molar-refractivity contribution is -0.140. The average Bonchev–Trinajstić information content (AvgIpc) is 2.90. The van der Waals surface area contributed by atoms with Gasteiger partial charge in [0.05, 0.1) is 10.7 Å². The fourth-order valence-electron chi connectivity index (χ4n) is 5.79. The van der Waals surface area contributed by atoms with E-state index in [1.54, 1.807) is 4.90 Å². The number of benzene rings is 1. The third-order valence-electron chi connectivity index (χ3n) is 6.74. The molecule has 0 aromatic heterocycles. The van der Waals surface area contributed by atoms with Gasteiger partial charge in [0.15, 0.2) is 0 Å². The van der Waals surface area contributed by atoms with Crippen LogP contribution in [0.2, 0.25) is 5.02 Å². The number of carbonyl (C=O) groups excluding carboxylic acids is 3. The molecular weight excluding hydrogens is 416 g/mol. The van der Waals surface area contributed by atoms with Gasteiger partial charge in [0.25, 0.3) is 5.91 Å². The lowest BCUT2D eigenvalue weighted by atomic mass is 9.64. The monoisotopic (exact) mass is 446 g/mol. The molecular formula is C23H31ClN4O3. The van der Waals surface area contributed by atoms with Crippen molar-refractivity contribution < 1.29 is 14.4 Å². The molecule has 168 valence electrons. The van der Waals surface area contributed by atoms with Crippen molar-refractivity contribution in [3.05, 3.63) is 29.3 Å². The molecule has 1 aromatic carbocycles. The van der Waals surface area contributed by atoms with Crippen LogP contribution < -0.4 is 10.2 Å². The first-order valence-electron chi connectivity index (χ1n) is 11.0. The lowest BCUT2D eigenvalue weighted by Crippen LogP contribution is -2.55. The Kier molecular flexibility index (Phi) is 5.66. The highest BCUT2D eigenvalue weighted by Gasteiger charge is 2.56. The third kappa shape index (κ3) is 4.25. The Morgan fingerprint density at radius 3 is 2.45 bits per heavy atom. The zero-order valence-electron chi connectivity index (χ0n) is 18.5. The second kappa shape index (κ2) is 8.01. The summed E-state index contributed by atoms with van der Waals surface area (Å²) in [6, 6.07) is 7.22. The Bertz CT molecular complexity index is 897. The van der Waals surface area contributed by atoms with Crippen LogP contribution in [0.15, 0.2) is 24.3 Å². The van der Waals surface area contributed by atoms with Gasteiger partial charge in [-0.2, -0.15) is 0 Å². The van der Waals surface area contributed by atoms with Gasteiger partial charge in [-0.25, -0.2) is 4.79 Å². The van der Waals surface area contributed by atoms with Crippen molar-refractivity contribution in [2.75, 3.05) is 37.6 Å². The Hall–Kier alpha value is -2.28. The molecule has 8 heteroatoms. The number of nitrogens with one attached hydrogen (secondary N) is 1. The highest BCUT2D eigenvalue weighted by Crippen LogP contribution is 2.46. The van der Waals surface area contributed by atoms with Gasteiger partial charge in [-0.1, -0.05) is 44.5 Å². The fraction of sp³-hybridized carbons (Fsp3) is 0.609. The van der Waals surface area contributed by atoms with E-state index in [0.717, 1.165) is 17.0 Å². The molecule has 2 saturated heterocycles. The number of piperazine rings is 1. The van der Waals surface area contributed by atoms with Crippen LogP contribution in [0.25, 0.3) is 0 Å². The molecule has 1 aliphatic carbocycles. The van der Waals surface area contributed by atoms with Crippen molar-refractivity contribution in [2.24, 2.45) is 11.3 Å². The SMILES string of the molecule is CC1CC(C)(C)CC2(C1)NC(=O)N(CC(=O)N1CCN(c3ccccc3Cl)CC1)C2=O. The van der Waals surface area contributed by atoms with E-state index in [4.69, 9.17) is 11.6 Å². The quantitative estimate of drug-likeness (QED) is 0.724. The van der Waals surface area contributed by atoms with Gasteiger partial charge in [0.1, 0.15) is 12.1 Å². The third-order valence-corrected chi connectivity index (χ3v) is 7.06. The number of para-hydroxylation sites is 1. The van der Waals surface area contributed by atoms with Crippen molar-refractivity contribution >= 4 is 35.1 Å². The first-order chi connectivity index (χ1) is 14.6. The van der Waals surface area contributed by atoms with Gasteiger partial charge >= 0.3 is 6.03 Å². The van der Waals surface area contributed by atoms with Gasteiger partial charge in [-0.15, -0.1) is 0 Å². The van der Waals surface area contributed by atoms with Gasteiger partial charge in [-0.3, -0.25) is 14.5 Å². The maximum Gasteiger partial charge on any atom is 0.325 e. The molecule has 3 fully saturated rings. The van der Waals surface area contributed by atoms with Gasteiger partial charge in [-0.05, 0) is 42.7 Å². The van der Waals surface area contributed by atoms with E-state index in [-0.39, 0.29) is 23.8 Å². The normalized spacial score (nSPS) is 28.3. The highest BCUT2D eigenvalue weighted by molar-refractivity contribution is 6.33. The average molecular weight is 447 g/mol. The van der Waals surface area contributed by atoms with Crippen LogP contribution in [0, 0.1) is 11.3 Å². The van der Waals surface area contributed by atoms with Crippen molar-refractivity contribution in [2.45, 2.75) is 45.6 Å². The predicted molar refractivity (Wildman–Crippen MR) is 120 cm³/mol. The number of hydrogen-bond donors (Lipinski definition) is 1. The van der Waals surface area contributed by atoms with Crippen LogP contribution in [0.4, 0.5) is 10.5 Å². The molecule has 2 unspecified atom stereocenters. The molecule has 31 heavy (non-hydrogen) atoms. The summed E-state index contributed by atoms with van der Waals surface area (Å²) in [6.07, 6.45) is 2.25. The molecule has 1 spiro atoms. The Balaban J connectivity index is 1.39. The van der Waals surface area contributed by atoms with Crippen LogP contribution in [0.1, 0.15) is 40.0 Å². The first-order valence-corrected chi connectivity index (χ1v) is 11.4. The minimum atomic E-state index is -0.874. The number of carbonyl (C=O) groups is 3. The topological polar surface area (TPSA) is 73.0 Å². The molecule has 2 aliphatic heterocycles. The van der Waals surface area contributed by atoms with Crippen LogP contribution in [0.5, 0.6) is 0 Å². The molecule has 1 saturated carbocycles. The van der Waals surface area contributed by atoms with Gasteiger partial charge in [0.2, 0.25) is 5.91 Å². The molecule has 4 rings (SSSR count). The van der Waals surface area contributed by atoms with Gasteiger partial charge < -0.3 is 15.1 Å². The molecule has 4 amide bonds. The summed E-state index contributed by atoms with van der Waals surface area (Å²) < 4.78 is 0. The molecule has 0 radical (unpaired) electrons. The number of imide groups is 1. The van der Waals surface area contributed by atoms with E-state index in [1.807, 2.05) is 24.3 Å². The zero-order valence-corrected chi connectivity index (χ0v) is 19.2. The first kappa shape index (κ1) is 21.9. The van der Waals surface area contributed by atoms with Gasteiger partial charge in [0, 0.05) is 26.2 Å². The summed E-state index contributed by atoms with van der Waals surface area (Å²) in [6.45, 7) is 8.57. The van der Waals surface area contributed by atoms with Crippen molar-refractivity contribution in [3.8, 4) is 0 Å². The summed E-state index contributed by atoms with van der Waals surface area (Å²) in [5, 5.41) is 3.63. The number of anilines is 1. The summed E-state index contributed by atoms with van der Waals surface area (Å²) in [7, 11) is 0. The highest BCUT2D eigenvalue weighted by atomic mass is 35.5. The number of rotatable bonds is 3. The Morgan fingerprint density at radius 2 is 1.81 bits per heavy atom. The number of halogens is 1. The predicted octanol–water partition coefficient (Wildman–Crippen LogP) is 3.13. The van der Waals surface area contributed by atoms with Crippen LogP contribution in [-0.4, -0.2) is 65.9 Å². The second-order valence-electron chi connectivity index (χ2n) is 10.1. The van der Waals surface area contributed by atoms with Crippen LogP contribution in [-0.2, 0) is 9.59 Å². The molecule has 2 heterocycles. The zero-order chi connectivity index (χ0) is 22.4. The number of amides is 4. The molecule has 1 N–H and O–H groups in total. The molecule has 2 atom stereocenters. The van der Waals surface area contributed by atoms with E-state index in [0.29, 0.717) is 50.0 Å². The van der Waals surface area contributed by atoms with Crippen molar-refractivity contribution in [3.63, 3.8) is 0 Å². The standard InChI is InChI=1S/C23H31ClN4O3/c1-16-12-22(2,3)15-23(13-16)20(30)28(21(31)25-23)14-19(29)27-10-8-26(9-11-27)18-7-5-4-6-17(18)24/h4-7,16H,8-15H2,1-3H3,(H,25,31). The number of hydrogen-bond acceptors (Lipinski definition) is 4. The molecule has 7 nitrogen and oxygen atoms in total. The lowest BCUT2D eigenvalue weighted by Gasteiger charge is -2.43. The van der Waals surface area contributed by atoms with Crippen LogP contribution in [0.3, 0.4) is 0 Å². The van der Waals surface area contributed by atoms with Crippen molar-refractivity contribution in [1.29, 1.82) is 0 Å². The number of nitrogens with zero attached hydrogens (tertiary/aromatic N) is 3. The summed E-state index contributed by atoms with van der Waals surface area (Å²) in [5.41, 5.74) is 0.0538. The molecule has 3 aliphatic rings. The fourth-order valence-corrected chi connectivity index (χ4v) is 6.05. The number of urea groups is 1. The minimum absolute atomic E-state index is 0.0321. The summed E-state index contributed by atoms with van der Waals surface area (Å²) in [5.74, 6) is -0.107. The van der Waals surface area contributed by atoms with E-state index in [1.165, 1.54) is 0 Å². The maximum absolute atomic E-state index is 13.3. The minimum Gasteiger partial charge on any atom is -0.367 e. The van der Waals surface area contributed by atoms with E-state index in [9.17, 15) is 14.4 Å². The van der Waals surface area contributed by atoms with E-state index >= 15 is 0 Å². The van der Waals surface area contributed by atoms with E-state index < -0.39 is 11.6 Å². The molecule has 0 bridgehead atoms.